The smallest absolute Gasteiger partial charge is 0.306 e. The second-order valence-corrected chi connectivity index (χ2v) is 5.16. The number of hydrogen-bond donors (Lipinski definition) is 2. The predicted octanol–water partition coefficient (Wildman–Crippen LogP) is 2.02. The SMILES string of the molecule is O=C(O)C1CCCC2(CNc3cccnc32)C1. The second kappa shape index (κ2) is 3.72. The van der Waals surface area contributed by atoms with Crippen molar-refractivity contribution in [2.45, 2.75) is 31.1 Å². The van der Waals surface area contributed by atoms with Crippen molar-refractivity contribution < 1.29 is 9.90 Å². The highest BCUT2D eigenvalue weighted by Gasteiger charge is 2.45. The molecule has 0 bridgehead atoms. The van der Waals surface area contributed by atoms with Gasteiger partial charge in [-0.2, -0.15) is 0 Å². The molecule has 2 aliphatic rings. The third-order valence-electron chi connectivity index (χ3n) is 4.12. The van der Waals surface area contributed by atoms with Crippen LogP contribution >= 0.6 is 0 Å². The largest absolute Gasteiger partial charge is 0.481 e. The average Bonchev–Trinajstić information content (AvgIpc) is 2.69. The summed E-state index contributed by atoms with van der Waals surface area (Å²) in [7, 11) is 0. The van der Waals surface area contributed by atoms with Crippen LogP contribution in [0.15, 0.2) is 18.3 Å². The number of nitrogens with zero attached hydrogens (tertiary/aromatic N) is 1. The molecule has 1 aliphatic carbocycles. The lowest BCUT2D eigenvalue weighted by Crippen LogP contribution is -2.37. The Morgan fingerprint density at radius 1 is 1.59 bits per heavy atom. The number of carboxylic acids is 1. The number of fused-ring (bicyclic) bond motifs is 2. The van der Waals surface area contributed by atoms with Gasteiger partial charge in [-0.25, -0.2) is 0 Å². The molecule has 0 radical (unpaired) electrons. The van der Waals surface area contributed by atoms with Gasteiger partial charge in [-0.15, -0.1) is 0 Å². The molecular weight excluding hydrogens is 216 g/mol. The van der Waals surface area contributed by atoms with Gasteiger partial charge in [0, 0.05) is 18.2 Å². The fraction of sp³-hybridized carbons (Fsp3) is 0.538. The fourth-order valence-corrected chi connectivity index (χ4v) is 3.27. The van der Waals surface area contributed by atoms with E-state index in [0.29, 0.717) is 0 Å². The van der Waals surface area contributed by atoms with E-state index in [1.807, 2.05) is 12.1 Å². The van der Waals surface area contributed by atoms with Crippen LogP contribution < -0.4 is 5.32 Å². The summed E-state index contributed by atoms with van der Waals surface area (Å²) in [6.07, 6.45) is 5.36. The summed E-state index contributed by atoms with van der Waals surface area (Å²) in [5.41, 5.74) is 2.11. The molecule has 3 rings (SSSR count). The Hall–Kier alpha value is -1.58. The van der Waals surface area contributed by atoms with Crippen molar-refractivity contribution in [1.29, 1.82) is 0 Å². The van der Waals surface area contributed by atoms with Gasteiger partial charge in [0.15, 0.2) is 0 Å². The maximum absolute atomic E-state index is 11.2. The first-order valence-corrected chi connectivity index (χ1v) is 6.13. The van der Waals surface area contributed by atoms with Gasteiger partial charge in [0.05, 0.1) is 17.3 Å². The Morgan fingerprint density at radius 2 is 2.47 bits per heavy atom. The van der Waals surface area contributed by atoms with Crippen molar-refractivity contribution in [3.8, 4) is 0 Å². The first kappa shape index (κ1) is 10.6. The minimum atomic E-state index is -0.659. The van der Waals surface area contributed by atoms with Crippen molar-refractivity contribution in [2.24, 2.45) is 5.92 Å². The highest BCUT2D eigenvalue weighted by atomic mass is 16.4. The van der Waals surface area contributed by atoms with Crippen LogP contribution in [0.4, 0.5) is 5.69 Å². The second-order valence-electron chi connectivity index (χ2n) is 5.16. The summed E-state index contributed by atoms with van der Waals surface area (Å²) < 4.78 is 0. The van der Waals surface area contributed by atoms with E-state index in [1.54, 1.807) is 6.20 Å². The van der Waals surface area contributed by atoms with Crippen LogP contribution in [0.1, 0.15) is 31.4 Å². The highest BCUT2D eigenvalue weighted by molar-refractivity contribution is 5.71. The Bertz CT molecular complexity index is 456. The standard InChI is InChI=1S/C13H16N2O2/c16-12(17)9-3-1-5-13(7-9)8-15-10-4-2-6-14-11(10)13/h2,4,6,9,15H,1,3,5,7-8H2,(H,16,17). The minimum Gasteiger partial charge on any atom is -0.481 e. The molecule has 1 fully saturated rings. The number of aliphatic carboxylic acids is 1. The van der Waals surface area contributed by atoms with Crippen LogP contribution in [0.25, 0.3) is 0 Å². The lowest BCUT2D eigenvalue weighted by molar-refractivity contribution is -0.143. The number of pyridine rings is 1. The summed E-state index contributed by atoms with van der Waals surface area (Å²) in [6.45, 7) is 0.836. The zero-order valence-electron chi connectivity index (χ0n) is 9.65. The van der Waals surface area contributed by atoms with Gasteiger partial charge in [0.25, 0.3) is 0 Å². The number of carbonyl (C=O) groups is 1. The Labute approximate surface area is 100 Å². The fourth-order valence-electron chi connectivity index (χ4n) is 3.27. The van der Waals surface area contributed by atoms with Gasteiger partial charge < -0.3 is 10.4 Å². The van der Waals surface area contributed by atoms with Crippen LogP contribution in [0.3, 0.4) is 0 Å². The van der Waals surface area contributed by atoms with Crippen LogP contribution in [0.5, 0.6) is 0 Å². The molecule has 1 aliphatic heterocycles. The molecule has 90 valence electrons. The topological polar surface area (TPSA) is 62.2 Å². The Kier molecular flexibility index (Phi) is 2.31. The first-order chi connectivity index (χ1) is 8.21. The lowest BCUT2D eigenvalue weighted by Gasteiger charge is -2.35. The number of rotatable bonds is 1. The maximum Gasteiger partial charge on any atom is 0.306 e. The molecule has 1 aromatic heterocycles. The highest BCUT2D eigenvalue weighted by Crippen LogP contribution is 2.47. The zero-order valence-corrected chi connectivity index (χ0v) is 9.65. The number of hydrogen-bond acceptors (Lipinski definition) is 3. The molecule has 2 unspecified atom stereocenters. The molecule has 2 N–H and O–H groups in total. The van der Waals surface area contributed by atoms with Crippen LogP contribution in [-0.2, 0) is 10.2 Å². The number of anilines is 1. The molecular formula is C13H16N2O2. The van der Waals surface area contributed by atoms with Gasteiger partial charge >= 0.3 is 5.97 Å². The van der Waals surface area contributed by atoms with Crippen molar-refractivity contribution in [3.05, 3.63) is 24.0 Å². The maximum atomic E-state index is 11.2. The van der Waals surface area contributed by atoms with E-state index in [2.05, 4.69) is 10.3 Å². The van der Waals surface area contributed by atoms with E-state index in [1.165, 1.54) is 0 Å². The van der Waals surface area contributed by atoms with E-state index in [4.69, 9.17) is 0 Å². The van der Waals surface area contributed by atoms with Crippen molar-refractivity contribution >= 4 is 11.7 Å². The van der Waals surface area contributed by atoms with Crippen LogP contribution in [-0.4, -0.2) is 22.6 Å². The number of carboxylic acid groups (broad SMARTS) is 1. The van der Waals surface area contributed by atoms with E-state index in [9.17, 15) is 9.90 Å². The van der Waals surface area contributed by atoms with E-state index >= 15 is 0 Å². The van der Waals surface area contributed by atoms with Crippen LogP contribution in [0.2, 0.25) is 0 Å². The van der Waals surface area contributed by atoms with Gasteiger partial charge in [-0.1, -0.05) is 6.42 Å². The molecule has 2 atom stereocenters. The molecule has 0 aromatic carbocycles. The molecule has 2 heterocycles. The third kappa shape index (κ3) is 1.59. The predicted molar refractivity (Wildman–Crippen MR) is 64.0 cm³/mol. The van der Waals surface area contributed by atoms with Crippen LogP contribution in [0, 0.1) is 5.92 Å². The number of nitrogens with one attached hydrogen (secondary N) is 1. The molecule has 1 aromatic rings. The molecule has 0 amide bonds. The van der Waals surface area contributed by atoms with Crippen molar-refractivity contribution in [1.82, 2.24) is 4.98 Å². The van der Waals surface area contributed by atoms with Crippen molar-refractivity contribution in [3.63, 3.8) is 0 Å². The van der Waals surface area contributed by atoms with E-state index in [-0.39, 0.29) is 11.3 Å². The van der Waals surface area contributed by atoms with Gasteiger partial charge in [0.1, 0.15) is 0 Å². The molecule has 0 saturated heterocycles. The summed E-state index contributed by atoms with van der Waals surface area (Å²) in [6, 6.07) is 3.95. The molecule has 4 heteroatoms. The minimum absolute atomic E-state index is 0.0437. The van der Waals surface area contributed by atoms with E-state index < -0.39 is 5.97 Å². The lowest BCUT2D eigenvalue weighted by atomic mass is 9.68. The summed E-state index contributed by atoms with van der Waals surface area (Å²) in [5, 5.41) is 12.6. The summed E-state index contributed by atoms with van der Waals surface area (Å²) in [4.78, 5) is 15.6. The normalized spacial score (nSPS) is 30.9. The molecule has 1 spiro atoms. The molecule has 1 saturated carbocycles. The first-order valence-electron chi connectivity index (χ1n) is 6.13. The summed E-state index contributed by atoms with van der Waals surface area (Å²) in [5.74, 6) is -0.869. The molecule has 17 heavy (non-hydrogen) atoms. The Morgan fingerprint density at radius 3 is 3.29 bits per heavy atom. The molecule has 4 nitrogen and oxygen atoms in total. The summed E-state index contributed by atoms with van der Waals surface area (Å²) >= 11 is 0. The van der Waals surface area contributed by atoms with E-state index in [0.717, 1.165) is 43.6 Å². The van der Waals surface area contributed by atoms with Gasteiger partial charge in [0.2, 0.25) is 0 Å². The Balaban J connectivity index is 1.95. The zero-order chi connectivity index (χ0) is 11.9. The van der Waals surface area contributed by atoms with Gasteiger partial charge in [-0.3, -0.25) is 9.78 Å². The van der Waals surface area contributed by atoms with Gasteiger partial charge in [-0.05, 0) is 31.4 Å². The average molecular weight is 232 g/mol. The number of aromatic nitrogens is 1. The quantitative estimate of drug-likeness (QED) is 0.777. The van der Waals surface area contributed by atoms with Crippen molar-refractivity contribution in [2.75, 3.05) is 11.9 Å². The monoisotopic (exact) mass is 232 g/mol. The third-order valence-corrected chi connectivity index (χ3v) is 4.12.